The van der Waals surface area contributed by atoms with Gasteiger partial charge >= 0.3 is 0 Å². The van der Waals surface area contributed by atoms with Crippen molar-refractivity contribution in [2.24, 2.45) is 0 Å². The molecule has 0 saturated carbocycles. The highest BCUT2D eigenvalue weighted by Crippen LogP contribution is 2.32. The van der Waals surface area contributed by atoms with Crippen LogP contribution in [0, 0.1) is 0 Å². The Hall–Kier alpha value is -2.62. The summed E-state index contributed by atoms with van der Waals surface area (Å²) in [5, 5.41) is 0.438. The van der Waals surface area contributed by atoms with Crippen molar-refractivity contribution >= 4 is 54.2 Å². The number of anilines is 1. The maximum atomic E-state index is 13.1. The number of aromatic nitrogens is 1. The second-order valence-corrected chi connectivity index (χ2v) is 10.3. The molecule has 1 amide bonds. The molecule has 2 aromatic heterocycles. The van der Waals surface area contributed by atoms with E-state index in [0.29, 0.717) is 10.9 Å². The second-order valence-electron chi connectivity index (χ2n) is 6.46. The van der Waals surface area contributed by atoms with Gasteiger partial charge < -0.3 is 4.42 Å². The molecule has 4 rings (SSSR count). The van der Waals surface area contributed by atoms with E-state index >= 15 is 0 Å². The minimum Gasteiger partial charge on any atom is -0.467 e. The lowest BCUT2D eigenvalue weighted by Gasteiger charge is -2.18. The van der Waals surface area contributed by atoms with Gasteiger partial charge in [-0.3, -0.25) is 9.69 Å². The highest BCUT2D eigenvalue weighted by atomic mass is 32.2. The lowest BCUT2D eigenvalue weighted by molar-refractivity contribution is -0.116. The number of rotatable bonds is 7. The molecule has 2 aromatic carbocycles. The number of benzene rings is 2. The third kappa shape index (κ3) is 4.43. The predicted molar refractivity (Wildman–Crippen MR) is 120 cm³/mol. The first kappa shape index (κ1) is 20.6. The van der Waals surface area contributed by atoms with E-state index in [4.69, 9.17) is 4.42 Å². The summed E-state index contributed by atoms with van der Waals surface area (Å²) in [6.45, 7) is 0.103. The fraction of sp³-hybridized carbons (Fsp3) is 0.143. The SMILES string of the molecule is CSc1ccc2nc(N(Cc3ccco3)C(=O)CS(=O)(=O)c3ccccc3)sc2c1. The van der Waals surface area contributed by atoms with Crippen LogP contribution in [0.2, 0.25) is 0 Å². The second kappa shape index (κ2) is 8.63. The number of amides is 1. The molecule has 154 valence electrons. The molecule has 0 N–H and O–H groups in total. The minimum absolute atomic E-state index is 0.103. The Morgan fingerprint density at radius 3 is 2.63 bits per heavy atom. The van der Waals surface area contributed by atoms with E-state index in [-0.39, 0.29) is 11.4 Å². The molecule has 0 unspecified atom stereocenters. The van der Waals surface area contributed by atoms with Gasteiger partial charge in [0, 0.05) is 4.90 Å². The lowest BCUT2D eigenvalue weighted by Crippen LogP contribution is -2.35. The van der Waals surface area contributed by atoms with Crippen molar-refractivity contribution in [3.05, 3.63) is 72.7 Å². The van der Waals surface area contributed by atoms with Crippen LogP contribution in [0.4, 0.5) is 5.13 Å². The van der Waals surface area contributed by atoms with Gasteiger partial charge in [0.25, 0.3) is 0 Å². The number of fused-ring (bicyclic) bond motifs is 1. The minimum atomic E-state index is -3.78. The average Bonchev–Trinajstić information content (AvgIpc) is 3.41. The van der Waals surface area contributed by atoms with Crippen LogP contribution in [-0.2, 0) is 21.2 Å². The van der Waals surface area contributed by atoms with Crippen LogP contribution >= 0.6 is 23.1 Å². The maximum absolute atomic E-state index is 13.1. The predicted octanol–water partition coefficient (Wildman–Crippen LogP) is 4.62. The van der Waals surface area contributed by atoms with E-state index in [1.54, 1.807) is 42.1 Å². The largest absolute Gasteiger partial charge is 0.467 e. The molecule has 0 saturated heterocycles. The van der Waals surface area contributed by atoms with Crippen LogP contribution in [0.1, 0.15) is 5.76 Å². The molecular weight excluding hydrogens is 440 g/mol. The summed E-state index contributed by atoms with van der Waals surface area (Å²) < 4.78 is 31.8. The highest BCUT2D eigenvalue weighted by Gasteiger charge is 2.27. The van der Waals surface area contributed by atoms with Gasteiger partial charge in [0.2, 0.25) is 5.91 Å². The van der Waals surface area contributed by atoms with Gasteiger partial charge in [-0.1, -0.05) is 29.5 Å². The number of nitrogens with zero attached hydrogens (tertiary/aromatic N) is 2. The van der Waals surface area contributed by atoms with Gasteiger partial charge in [-0.25, -0.2) is 13.4 Å². The van der Waals surface area contributed by atoms with Gasteiger partial charge in [0.05, 0.1) is 27.9 Å². The molecule has 2 heterocycles. The highest BCUT2D eigenvalue weighted by molar-refractivity contribution is 7.98. The number of carbonyl (C=O) groups excluding carboxylic acids is 1. The molecule has 0 fully saturated rings. The zero-order valence-corrected chi connectivity index (χ0v) is 18.5. The van der Waals surface area contributed by atoms with E-state index in [2.05, 4.69) is 4.98 Å². The van der Waals surface area contributed by atoms with Crippen molar-refractivity contribution < 1.29 is 17.6 Å². The summed E-state index contributed by atoms with van der Waals surface area (Å²) in [6, 6.07) is 17.3. The van der Waals surface area contributed by atoms with Crippen molar-refractivity contribution in [1.29, 1.82) is 0 Å². The van der Waals surface area contributed by atoms with Gasteiger partial charge in [-0.15, -0.1) is 11.8 Å². The molecule has 30 heavy (non-hydrogen) atoms. The van der Waals surface area contributed by atoms with Crippen molar-refractivity contribution in [3.8, 4) is 0 Å². The first-order valence-electron chi connectivity index (χ1n) is 9.01. The topological polar surface area (TPSA) is 80.5 Å². The number of hydrogen-bond acceptors (Lipinski definition) is 7. The zero-order valence-electron chi connectivity index (χ0n) is 16.0. The van der Waals surface area contributed by atoms with Crippen LogP contribution in [0.5, 0.6) is 0 Å². The van der Waals surface area contributed by atoms with Crippen LogP contribution < -0.4 is 4.90 Å². The Balaban J connectivity index is 1.68. The van der Waals surface area contributed by atoms with E-state index in [1.165, 1.54) is 34.6 Å². The number of hydrogen-bond donors (Lipinski definition) is 0. The normalized spacial score (nSPS) is 11.6. The van der Waals surface area contributed by atoms with Gasteiger partial charge in [-0.2, -0.15) is 0 Å². The zero-order chi connectivity index (χ0) is 21.1. The Kier molecular flexibility index (Phi) is 5.94. The average molecular weight is 459 g/mol. The monoisotopic (exact) mass is 458 g/mol. The Labute approximate surface area is 182 Å². The number of thioether (sulfide) groups is 1. The van der Waals surface area contributed by atoms with Gasteiger partial charge in [-0.05, 0) is 48.7 Å². The van der Waals surface area contributed by atoms with E-state index in [9.17, 15) is 13.2 Å². The third-order valence-corrected chi connectivity index (χ3v) is 7.81. The molecule has 0 aliphatic carbocycles. The van der Waals surface area contributed by atoms with E-state index in [0.717, 1.165) is 15.1 Å². The number of sulfone groups is 1. The number of furan rings is 1. The Morgan fingerprint density at radius 2 is 1.93 bits per heavy atom. The van der Waals surface area contributed by atoms with E-state index < -0.39 is 21.5 Å². The molecule has 0 aliphatic heterocycles. The summed E-state index contributed by atoms with van der Waals surface area (Å²) in [7, 11) is -3.78. The number of thiazole rings is 1. The van der Waals surface area contributed by atoms with Crippen molar-refractivity contribution in [2.45, 2.75) is 16.3 Å². The molecule has 9 heteroatoms. The first-order chi connectivity index (χ1) is 14.5. The van der Waals surface area contributed by atoms with Crippen molar-refractivity contribution in [1.82, 2.24) is 4.98 Å². The summed E-state index contributed by atoms with van der Waals surface area (Å²) >= 11 is 2.97. The Bertz CT molecular complexity index is 1270. The summed E-state index contributed by atoms with van der Waals surface area (Å²) in [5.41, 5.74) is 0.760. The Morgan fingerprint density at radius 1 is 1.13 bits per heavy atom. The fourth-order valence-corrected chi connectivity index (χ4v) is 5.66. The van der Waals surface area contributed by atoms with Crippen LogP contribution in [0.25, 0.3) is 10.2 Å². The standard InChI is InChI=1S/C21H18N2O4S3/c1-28-16-9-10-18-19(12-16)29-21(22-18)23(13-15-6-5-11-27-15)20(24)14-30(25,26)17-7-3-2-4-8-17/h2-12H,13-14H2,1H3. The first-order valence-corrected chi connectivity index (χ1v) is 12.7. The molecule has 6 nitrogen and oxygen atoms in total. The van der Waals surface area contributed by atoms with E-state index in [1.807, 2.05) is 24.5 Å². The van der Waals surface area contributed by atoms with Crippen LogP contribution in [0.15, 0.2) is 81.1 Å². The summed E-state index contributed by atoms with van der Waals surface area (Å²) in [4.78, 5) is 20.3. The quantitative estimate of drug-likeness (QED) is 0.376. The maximum Gasteiger partial charge on any atom is 0.244 e. The lowest BCUT2D eigenvalue weighted by atomic mass is 10.3. The van der Waals surface area contributed by atoms with Gasteiger partial charge in [0.1, 0.15) is 11.5 Å². The molecule has 0 atom stereocenters. The van der Waals surface area contributed by atoms with Gasteiger partial charge in [0.15, 0.2) is 15.0 Å². The third-order valence-electron chi connectivity index (χ3n) is 4.43. The molecule has 4 aromatic rings. The molecule has 0 aliphatic rings. The number of carbonyl (C=O) groups is 1. The van der Waals surface area contributed by atoms with Crippen molar-refractivity contribution in [2.75, 3.05) is 16.9 Å². The van der Waals surface area contributed by atoms with Crippen molar-refractivity contribution in [3.63, 3.8) is 0 Å². The molecule has 0 bridgehead atoms. The molecular formula is C21H18N2O4S3. The van der Waals surface area contributed by atoms with Crippen LogP contribution in [-0.4, -0.2) is 31.3 Å². The summed E-state index contributed by atoms with van der Waals surface area (Å²) in [6.07, 6.45) is 3.51. The summed E-state index contributed by atoms with van der Waals surface area (Å²) in [5.74, 6) is -0.659. The smallest absolute Gasteiger partial charge is 0.244 e. The molecule has 0 radical (unpaired) electrons. The van der Waals surface area contributed by atoms with Crippen LogP contribution in [0.3, 0.4) is 0 Å². The molecule has 0 spiro atoms. The fourth-order valence-electron chi connectivity index (χ4n) is 2.91.